The van der Waals surface area contributed by atoms with Gasteiger partial charge in [-0.3, -0.25) is 23.8 Å². The molecule has 2 aliphatic rings. The standard InChI is InChI=1S/C30H33N2O9P/c1-20(28(36)39-21(2)22-10-6-4-7-11-22)18-42(37,41-24-12-8-5-9-13-24)38-17-25-27(35)30(3,19-31)29(40-25)32-15-14-23(33)16-26(32)34/h4-15,20-21,25,27,29,35H,16-18H2,1-3H3/t20-,21+,25-,27-,29-,30-,42?/m1/s1. The number of ketones is 1. The molecule has 222 valence electrons. The highest BCUT2D eigenvalue weighted by Gasteiger charge is 2.57. The van der Waals surface area contributed by atoms with Gasteiger partial charge in [-0.15, -0.1) is 0 Å². The molecule has 2 aromatic rings. The Labute approximate surface area is 244 Å². The lowest BCUT2D eigenvalue weighted by atomic mass is 9.83. The number of aliphatic hydroxyl groups is 1. The van der Waals surface area contributed by atoms with Gasteiger partial charge in [0.05, 0.1) is 31.2 Å². The Balaban J connectivity index is 1.49. The van der Waals surface area contributed by atoms with Gasteiger partial charge >= 0.3 is 13.6 Å². The Bertz CT molecular complexity index is 1410. The fraction of sp³-hybridized carbons (Fsp3) is 0.400. The predicted octanol–water partition coefficient (Wildman–Crippen LogP) is 4.15. The molecule has 1 saturated heterocycles. The third-order valence-corrected chi connectivity index (χ3v) is 9.22. The van der Waals surface area contributed by atoms with Gasteiger partial charge in [0.1, 0.15) is 29.5 Å². The van der Waals surface area contributed by atoms with E-state index in [0.717, 1.165) is 10.5 Å². The van der Waals surface area contributed by atoms with Gasteiger partial charge in [-0.2, -0.15) is 5.26 Å². The number of allylic oxidation sites excluding steroid dienone is 1. The smallest absolute Gasteiger partial charge is 0.380 e. The summed E-state index contributed by atoms with van der Waals surface area (Å²) in [6.07, 6.45) is -2.74. The van der Waals surface area contributed by atoms with Gasteiger partial charge in [0, 0.05) is 6.20 Å². The summed E-state index contributed by atoms with van der Waals surface area (Å²) in [6.45, 7) is 4.22. The van der Waals surface area contributed by atoms with Crippen LogP contribution in [0.2, 0.25) is 0 Å². The molecule has 1 N–H and O–H groups in total. The molecular weight excluding hydrogens is 563 g/mol. The zero-order valence-electron chi connectivity index (χ0n) is 23.5. The SMILES string of the molecule is C[C@H](CP(=O)(OC[C@H]1O[C@@H](N2C=CC(=O)CC2=O)[C@](C)(C#N)[C@@H]1O)Oc1ccccc1)C(=O)O[C@@H](C)c1ccccc1. The molecule has 1 unspecified atom stereocenters. The van der Waals surface area contributed by atoms with E-state index in [1.807, 2.05) is 36.4 Å². The second-order valence-corrected chi connectivity index (χ2v) is 12.5. The molecule has 0 aliphatic carbocycles. The van der Waals surface area contributed by atoms with Crippen molar-refractivity contribution < 1.29 is 42.6 Å². The summed E-state index contributed by atoms with van der Waals surface area (Å²) in [4.78, 5) is 38.2. The summed E-state index contributed by atoms with van der Waals surface area (Å²) in [7, 11) is -4.08. The average Bonchev–Trinajstić information content (AvgIpc) is 3.22. The fourth-order valence-corrected chi connectivity index (χ4v) is 6.58. The van der Waals surface area contributed by atoms with Crippen molar-refractivity contribution in [3.8, 4) is 11.8 Å². The summed E-state index contributed by atoms with van der Waals surface area (Å²) in [5.74, 6) is -2.24. The lowest BCUT2D eigenvalue weighted by Gasteiger charge is -2.33. The molecule has 0 aromatic heterocycles. The fourth-order valence-electron chi connectivity index (χ4n) is 4.71. The number of carbonyl (C=O) groups excluding carboxylic acids is 3. The lowest BCUT2D eigenvalue weighted by Crippen LogP contribution is -2.48. The van der Waals surface area contributed by atoms with E-state index < -0.39 is 74.2 Å². The highest BCUT2D eigenvalue weighted by molar-refractivity contribution is 7.54. The van der Waals surface area contributed by atoms with Gasteiger partial charge in [-0.25, -0.2) is 4.57 Å². The molecule has 42 heavy (non-hydrogen) atoms. The van der Waals surface area contributed by atoms with Crippen LogP contribution in [0.25, 0.3) is 0 Å². The van der Waals surface area contributed by atoms with Crippen molar-refractivity contribution in [2.24, 2.45) is 11.3 Å². The van der Waals surface area contributed by atoms with Crippen molar-refractivity contribution in [3.05, 3.63) is 78.5 Å². The van der Waals surface area contributed by atoms with E-state index in [1.54, 1.807) is 44.2 Å². The van der Waals surface area contributed by atoms with Gasteiger partial charge in [0.25, 0.3) is 0 Å². The van der Waals surface area contributed by atoms with Crippen molar-refractivity contribution in [1.29, 1.82) is 5.26 Å². The van der Waals surface area contributed by atoms with Crippen molar-refractivity contribution in [2.45, 2.75) is 51.7 Å². The number of hydrogen-bond donors (Lipinski definition) is 1. The van der Waals surface area contributed by atoms with E-state index in [1.165, 1.54) is 19.2 Å². The average molecular weight is 597 g/mol. The van der Waals surface area contributed by atoms with E-state index in [9.17, 15) is 29.3 Å². The molecular formula is C30H33N2O9P. The normalized spacial score (nSPS) is 26.6. The quantitative estimate of drug-likeness (QED) is 0.227. The number of nitrogens with zero attached hydrogens (tertiary/aromatic N) is 2. The first kappa shape index (κ1) is 31.1. The van der Waals surface area contributed by atoms with E-state index in [4.69, 9.17) is 18.5 Å². The summed E-state index contributed by atoms with van der Waals surface area (Å²) in [5.41, 5.74) is -0.796. The number of para-hydroxylation sites is 1. The van der Waals surface area contributed by atoms with E-state index in [-0.39, 0.29) is 11.9 Å². The Kier molecular flexibility index (Phi) is 9.64. The molecule has 1 fully saturated rings. The Hall–Kier alpha value is -3.81. The zero-order chi connectivity index (χ0) is 30.5. The van der Waals surface area contributed by atoms with Crippen LogP contribution in [0.1, 0.15) is 38.9 Å². The van der Waals surface area contributed by atoms with E-state index in [0.29, 0.717) is 0 Å². The van der Waals surface area contributed by atoms with Gasteiger partial charge in [-0.1, -0.05) is 55.5 Å². The van der Waals surface area contributed by atoms with Crippen LogP contribution in [0.5, 0.6) is 5.75 Å². The second-order valence-electron chi connectivity index (χ2n) is 10.5. The van der Waals surface area contributed by atoms with Gasteiger partial charge < -0.3 is 19.1 Å². The number of rotatable bonds is 11. The first-order chi connectivity index (χ1) is 20.0. The molecule has 0 radical (unpaired) electrons. The number of ether oxygens (including phenoxy) is 2. The number of esters is 1. The third kappa shape index (κ3) is 6.97. The van der Waals surface area contributed by atoms with Crippen LogP contribution >= 0.6 is 7.60 Å². The number of nitriles is 1. The molecule has 12 heteroatoms. The van der Waals surface area contributed by atoms with E-state index in [2.05, 4.69) is 0 Å². The summed E-state index contributed by atoms with van der Waals surface area (Å²) in [6, 6.07) is 19.4. The van der Waals surface area contributed by atoms with E-state index >= 15 is 0 Å². The Morgan fingerprint density at radius 3 is 2.43 bits per heavy atom. The maximum atomic E-state index is 14.1. The summed E-state index contributed by atoms with van der Waals surface area (Å²) >= 11 is 0. The largest absolute Gasteiger partial charge is 0.458 e. The van der Waals surface area contributed by atoms with Crippen LogP contribution in [0.4, 0.5) is 0 Å². The highest BCUT2D eigenvalue weighted by atomic mass is 31.2. The van der Waals surface area contributed by atoms with Crippen LogP contribution in [0, 0.1) is 22.7 Å². The van der Waals surface area contributed by atoms with Gasteiger partial charge in [0.15, 0.2) is 12.0 Å². The first-order valence-electron chi connectivity index (χ1n) is 13.5. The number of carbonyl (C=O) groups is 3. The maximum absolute atomic E-state index is 14.1. The molecule has 7 atom stereocenters. The van der Waals surface area contributed by atoms with Gasteiger partial charge in [0.2, 0.25) is 5.91 Å². The first-order valence-corrected chi connectivity index (χ1v) is 15.2. The Morgan fingerprint density at radius 1 is 1.17 bits per heavy atom. The zero-order valence-corrected chi connectivity index (χ0v) is 24.4. The molecule has 2 aliphatic heterocycles. The molecule has 0 saturated carbocycles. The third-order valence-electron chi connectivity index (χ3n) is 7.20. The minimum absolute atomic E-state index is 0.236. The Morgan fingerprint density at radius 2 is 1.81 bits per heavy atom. The minimum Gasteiger partial charge on any atom is -0.458 e. The van der Waals surface area contributed by atoms with Crippen molar-refractivity contribution in [1.82, 2.24) is 4.90 Å². The molecule has 1 amide bonds. The van der Waals surface area contributed by atoms with Crippen LogP contribution in [-0.2, 0) is 32.9 Å². The van der Waals surface area contributed by atoms with Gasteiger partial charge in [-0.05, 0) is 37.6 Å². The number of benzene rings is 2. The molecule has 4 rings (SSSR count). The predicted molar refractivity (Wildman–Crippen MR) is 150 cm³/mol. The summed E-state index contributed by atoms with van der Waals surface area (Å²) in [5, 5.41) is 21.0. The lowest BCUT2D eigenvalue weighted by molar-refractivity contribution is -0.152. The van der Waals surface area contributed by atoms with Crippen LogP contribution in [-0.4, -0.2) is 58.9 Å². The van der Waals surface area contributed by atoms with Crippen molar-refractivity contribution in [3.63, 3.8) is 0 Å². The topological polar surface area (TPSA) is 152 Å². The maximum Gasteiger partial charge on any atom is 0.380 e. The molecule has 2 heterocycles. The molecule has 11 nitrogen and oxygen atoms in total. The number of amides is 1. The second kappa shape index (κ2) is 13.0. The van der Waals surface area contributed by atoms with Crippen molar-refractivity contribution in [2.75, 3.05) is 12.8 Å². The summed E-state index contributed by atoms with van der Waals surface area (Å²) < 4.78 is 37.1. The minimum atomic E-state index is -4.08. The van der Waals surface area contributed by atoms with Crippen LogP contribution < -0.4 is 4.52 Å². The number of aliphatic hydroxyl groups excluding tert-OH is 1. The van der Waals surface area contributed by atoms with Crippen LogP contribution in [0.15, 0.2) is 72.9 Å². The highest BCUT2D eigenvalue weighted by Crippen LogP contribution is 2.51. The number of hydrogen-bond acceptors (Lipinski definition) is 10. The molecule has 0 spiro atoms. The molecule has 2 aromatic carbocycles. The molecule has 0 bridgehead atoms. The monoisotopic (exact) mass is 596 g/mol. The van der Waals surface area contributed by atoms with Crippen LogP contribution in [0.3, 0.4) is 0 Å². The van der Waals surface area contributed by atoms with Crippen molar-refractivity contribution >= 4 is 25.3 Å².